The third-order valence-electron chi connectivity index (χ3n) is 9.91. The van der Waals surface area contributed by atoms with Crippen molar-refractivity contribution in [2.24, 2.45) is 0 Å². The minimum atomic E-state index is 0.531. The predicted octanol–water partition coefficient (Wildman–Crippen LogP) is 11.7. The summed E-state index contributed by atoms with van der Waals surface area (Å²) in [6, 6.07) is 55.3. The molecule has 11 rings (SSSR count). The van der Waals surface area contributed by atoms with Crippen LogP contribution in [0.4, 0.5) is 0 Å². The molecule has 0 saturated heterocycles. The monoisotopic (exact) mass is 681 g/mol. The number of furan rings is 1. The van der Waals surface area contributed by atoms with E-state index < -0.39 is 0 Å². The van der Waals surface area contributed by atoms with Gasteiger partial charge in [0.15, 0.2) is 17.2 Å². The van der Waals surface area contributed by atoms with Crippen LogP contribution in [0.1, 0.15) is 0 Å². The van der Waals surface area contributed by atoms with Crippen molar-refractivity contribution in [1.82, 2.24) is 24.5 Å². The molecule has 0 spiro atoms. The van der Waals surface area contributed by atoms with Crippen LogP contribution in [0.5, 0.6) is 0 Å². The summed E-state index contributed by atoms with van der Waals surface area (Å²) in [6.07, 6.45) is 0. The Kier molecular flexibility index (Phi) is 6.42. The lowest BCUT2D eigenvalue weighted by Crippen LogP contribution is -2.06. The highest BCUT2D eigenvalue weighted by molar-refractivity contribution is 6.09. The van der Waals surface area contributed by atoms with Crippen LogP contribution in [0.15, 0.2) is 173 Å². The number of fused-ring (bicyclic) bond motifs is 7. The molecule has 7 heteroatoms. The molecule has 0 N–H and O–H groups in total. The van der Waals surface area contributed by atoms with Crippen molar-refractivity contribution < 1.29 is 8.83 Å². The van der Waals surface area contributed by atoms with Gasteiger partial charge in [-0.3, -0.25) is 4.57 Å². The van der Waals surface area contributed by atoms with E-state index in [-0.39, 0.29) is 0 Å². The number of aromatic nitrogens is 5. The SMILES string of the molecule is c1ccc(-c2nc3c(-c4cccc(-c5nc(-c6ccc7c(c6)oc6ccccc67)nc(-n6c7ccccc7c7ccccc76)n5)c4)cccc3o2)cc1. The van der Waals surface area contributed by atoms with E-state index in [0.717, 1.165) is 82.7 Å². The molecule has 0 bridgehead atoms. The van der Waals surface area contributed by atoms with Crippen LogP contribution in [0.2, 0.25) is 0 Å². The normalized spacial score (nSPS) is 11.8. The van der Waals surface area contributed by atoms with Crippen molar-refractivity contribution in [2.75, 3.05) is 0 Å². The minimum Gasteiger partial charge on any atom is -0.456 e. The zero-order valence-electron chi connectivity index (χ0n) is 28.1. The summed E-state index contributed by atoms with van der Waals surface area (Å²) in [7, 11) is 0. The van der Waals surface area contributed by atoms with E-state index in [1.807, 2.05) is 91.0 Å². The van der Waals surface area contributed by atoms with Gasteiger partial charge in [0.2, 0.25) is 11.8 Å². The Hall–Kier alpha value is -7.38. The van der Waals surface area contributed by atoms with E-state index >= 15 is 0 Å². The zero-order chi connectivity index (χ0) is 34.9. The van der Waals surface area contributed by atoms with Gasteiger partial charge < -0.3 is 8.83 Å². The first-order valence-electron chi connectivity index (χ1n) is 17.5. The van der Waals surface area contributed by atoms with Crippen LogP contribution in [0.25, 0.3) is 106 Å². The van der Waals surface area contributed by atoms with Gasteiger partial charge in [0.1, 0.15) is 16.7 Å². The Morgan fingerprint density at radius 1 is 0.377 bits per heavy atom. The van der Waals surface area contributed by atoms with Gasteiger partial charge in [0, 0.05) is 43.8 Å². The van der Waals surface area contributed by atoms with Crippen molar-refractivity contribution in [3.8, 4) is 51.3 Å². The molecule has 0 saturated carbocycles. The van der Waals surface area contributed by atoms with Gasteiger partial charge in [0.25, 0.3) is 0 Å². The zero-order valence-corrected chi connectivity index (χ0v) is 28.1. The Morgan fingerprint density at radius 2 is 0.981 bits per heavy atom. The van der Waals surface area contributed by atoms with E-state index in [9.17, 15) is 0 Å². The summed E-state index contributed by atoms with van der Waals surface area (Å²) >= 11 is 0. The van der Waals surface area contributed by atoms with E-state index in [1.54, 1.807) is 0 Å². The van der Waals surface area contributed by atoms with Crippen LogP contribution in [0.3, 0.4) is 0 Å². The number of rotatable bonds is 5. The van der Waals surface area contributed by atoms with Gasteiger partial charge in [-0.05, 0) is 60.2 Å². The minimum absolute atomic E-state index is 0.531. The van der Waals surface area contributed by atoms with Gasteiger partial charge in [-0.15, -0.1) is 0 Å². The molecule has 0 unspecified atom stereocenters. The smallest absolute Gasteiger partial charge is 0.238 e. The maximum absolute atomic E-state index is 6.29. The van der Waals surface area contributed by atoms with Gasteiger partial charge in [-0.2, -0.15) is 9.97 Å². The number of hydrogen-bond acceptors (Lipinski definition) is 6. The second-order valence-electron chi connectivity index (χ2n) is 13.1. The summed E-state index contributed by atoms with van der Waals surface area (Å²) in [5.41, 5.74) is 9.73. The van der Waals surface area contributed by atoms with Crippen molar-refractivity contribution in [1.29, 1.82) is 0 Å². The lowest BCUT2D eigenvalue weighted by atomic mass is 10.0. The highest BCUT2D eigenvalue weighted by atomic mass is 16.3. The molecule has 0 amide bonds. The average Bonchev–Trinajstić information content (AvgIpc) is 3.93. The first-order valence-corrected chi connectivity index (χ1v) is 17.5. The molecule has 7 nitrogen and oxygen atoms in total. The maximum Gasteiger partial charge on any atom is 0.238 e. The van der Waals surface area contributed by atoms with Gasteiger partial charge >= 0.3 is 0 Å². The average molecular weight is 682 g/mol. The van der Waals surface area contributed by atoms with Crippen LogP contribution in [0, 0.1) is 0 Å². The van der Waals surface area contributed by atoms with Crippen molar-refractivity contribution in [3.05, 3.63) is 164 Å². The van der Waals surface area contributed by atoms with Gasteiger partial charge in [0.05, 0.1) is 11.0 Å². The molecular weight excluding hydrogens is 655 g/mol. The van der Waals surface area contributed by atoms with Crippen molar-refractivity contribution >= 4 is 54.8 Å². The highest BCUT2D eigenvalue weighted by Crippen LogP contribution is 2.36. The molecule has 11 aromatic rings. The summed E-state index contributed by atoms with van der Waals surface area (Å²) in [6.45, 7) is 0. The topological polar surface area (TPSA) is 82.8 Å². The Bertz CT molecular complexity index is 3140. The molecule has 0 aliphatic rings. The van der Waals surface area contributed by atoms with Crippen LogP contribution >= 0.6 is 0 Å². The van der Waals surface area contributed by atoms with Gasteiger partial charge in [-0.1, -0.05) is 109 Å². The van der Waals surface area contributed by atoms with Crippen LogP contribution in [-0.4, -0.2) is 24.5 Å². The second kappa shape index (κ2) is 11.6. The maximum atomic E-state index is 6.29. The third-order valence-corrected chi connectivity index (χ3v) is 9.91. The highest BCUT2D eigenvalue weighted by Gasteiger charge is 2.19. The Balaban J connectivity index is 1.11. The summed E-state index contributed by atoms with van der Waals surface area (Å²) in [5, 5.41) is 4.39. The molecule has 0 radical (unpaired) electrons. The summed E-state index contributed by atoms with van der Waals surface area (Å²) in [4.78, 5) is 20.4. The Morgan fingerprint density at radius 3 is 1.77 bits per heavy atom. The molecular formula is C46H27N5O2. The molecule has 53 heavy (non-hydrogen) atoms. The van der Waals surface area contributed by atoms with E-state index in [1.165, 1.54) is 0 Å². The van der Waals surface area contributed by atoms with E-state index in [0.29, 0.717) is 23.5 Å². The summed E-state index contributed by atoms with van der Waals surface area (Å²) < 4.78 is 14.6. The molecule has 4 aromatic heterocycles. The van der Waals surface area contributed by atoms with Crippen LogP contribution < -0.4 is 0 Å². The number of oxazole rings is 1. The molecule has 0 atom stereocenters. The molecule has 0 aliphatic heterocycles. The first kappa shape index (κ1) is 29.4. The molecule has 4 heterocycles. The quantitative estimate of drug-likeness (QED) is 0.180. The molecule has 7 aromatic carbocycles. The second-order valence-corrected chi connectivity index (χ2v) is 13.1. The number of nitrogens with zero attached hydrogens (tertiary/aromatic N) is 5. The van der Waals surface area contributed by atoms with E-state index in [4.69, 9.17) is 28.8 Å². The van der Waals surface area contributed by atoms with Crippen molar-refractivity contribution in [3.63, 3.8) is 0 Å². The number of hydrogen-bond donors (Lipinski definition) is 0. The first-order chi connectivity index (χ1) is 26.2. The van der Waals surface area contributed by atoms with Crippen molar-refractivity contribution in [2.45, 2.75) is 0 Å². The largest absolute Gasteiger partial charge is 0.456 e. The molecule has 248 valence electrons. The van der Waals surface area contributed by atoms with Crippen LogP contribution in [-0.2, 0) is 0 Å². The lowest BCUT2D eigenvalue weighted by Gasteiger charge is -2.11. The number of benzene rings is 7. The molecule has 0 aliphatic carbocycles. The molecule has 0 fully saturated rings. The number of para-hydroxylation sites is 4. The fourth-order valence-corrected chi connectivity index (χ4v) is 7.44. The fraction of sp³-hybridized carbons (Fsp3) is 0. The Labute approximate surface area is 302 Å². The van der Waals surface area contributed by atoms with Gasteiger partial charge in [-0.25, -0.2) is 9.97 Å². The lowest BCUT2D eigenvalue weighted by molar-refractivity contribution is 0.620. The third kappa shape index (κ3) is 4.75. The standard InChI is InChI=1S/C46H27N5O2/c1-2-12-28(13-3-1)45-47-42-32(19-11-23-40(42)53-45)29-14-10-15-30(26-29)43-48-44(31-24-25-36-35-18-6-9-22-39(35)52-41(36)27-31)50-46(49-43)51-37-20-7-4-16-33(37)34-17-5-8-21-38(34)51/h1-27H. The predicted molar refractivity (Wildman–Crippen MR) is 211 cm³/mol. The fourth-order valence-electron chi connectivity index (χ4n) is 7.44. The van der Waals surface area contributed by atoms with E-state index in [2.05, 4.69) is 77.4 Å². The summed E-state index contributed by atoms with van der Waals surface area (Å²) in [5.74, 6) is 2.22.